The van der Waals surface area contributed by atoms with Crippen LogP contribution >= 0.6 is 0 Å². The van der Waals surface area contributed by atoms with Crippen LogP contribution in [0.5, 0.6) is 0 Å². The van der Waals surface area contributed by atoms with Crippen molar-refractivity contribution in [3.63, 3.8) is 0 Å². The lowest BCUT2D eigenvalue weighted by Gasteiger charge is -2.37. The summed E-state index contributed by atoms with van der Waals surface area (Å²) in [6, 6.07) is 0. The van der Waals surface area contributed by atoms with Crippen LogP contribution in [0.3, 0.4) is 0 Å². The Bertz CT molecular complexity index is 180. The number of rotatable bonds is 2. The van der Waals surface area contributed by atoms with Crippen molar-refractivity contribution in [3.05, 3.63) is 12.2 Å². The van der Waals surface area contributed by atoms with E-state index in [4.69, 9.17) is 0 Å². The molecule has 2 aliphatic rings. The Balaban J connectivity index is 1.88. The standard InChI is InChI=1S/C13H22/c1-2-5-11-8-9-12-6-3-4-7-13(12)10-11/h3-4,11-13H,2,5-10H2,1H3. The lowest BCUT2D eigenvalue weighted by atomic mass is 9.68. The molecule has 0 aromatic heterocycles. The number of hydrogen-bond donors (Lipinski definition) is 0. The fourth-order valence-corrected chi connectivity index (χ4v) is 3.24. The molecule has 74 valence electrons. The zero-order valence-electron chi connectivity index (χ0n) is 8.84. The Morgan fingerprint density at radius 1 is 1.08 bits per heavy atom. The maximum Gasteiger partial charge on any atom is -0.0319 e. The second-order valence-electron chi connectivity index (χ2n) is 4.93. The molecule has 0 amide bonds. The molecule has 0 aromatic rings. The molecule has 2 rings (SSSR count). The highest BCUT2D eigenvalue weighted by Crippen LogP contribution is 2.41. The lowest BCUT2D eigenvalue weighted by Crippen LogP contribution is -2.25. The van der Waals surface area contributed by atoms with Gasteiger partial charge in [-0.2, -0.15) is 0 Å². The SMILES string of the molecule is CCCC1CCC2CC=CCC2C1. The number of hydrogen-bond acceptors (Lipinski definition) is 0. The van der Waals surface area contributed by atoms with Gasteiger partial charge in [-0.05, 0) is 43.4 Å². The average molecular weight is 178 g/mol. The van der Waals surface area contributed by atoms with E-state index in [1.54, 1.807) is 0 Å². The predicted octanol–water partition coefficient (Wildman–Crippen LogP) is 4.17. The van der Waals surface area contributed by atoms with E-state index < -0.39 is 0 Å². The van der Waals surface area contributed by atoms with Crippen molar-refractivity contribution < 1.29 is 0 Å². The summed E-state index contributed by atoms with van der Waals surface area (Å²) in [4.78, 5) is 0. The van der Waals surface area contributed by atoms with E-state index in [2.05, 4.69) is 19.1 Å². The molecule has 1 fully saturated rings. The van der Waals surface area contributed by atoms with Gasteiger partial charge in [-0.15, -0.1) is 0 Å². The van der Waals surface area contributed by atoms with Gasteiger partial charge < -0.3 is 0 Å². The second kappa shape index (κ2) is 4.30. The first-order chi connectivity index (χ1) is 6.40. The maximum atomic E-state index is 2.41. The molecule has 13 heavy (non-hydrogen) atoms. The van der Waals surface area contributed by atoms with Crippen LogP contribution in [0.25, 0.3) is 0 Å². The zero-order chi connectivity index (χ0) is 9.10. The number of allylic oxidation sites excluding steroid dienone is 2. The first kappa shape index (κ1) is 9.30. The summed E-state index contributed by atoms with van der Waals surface area (Å²) in [7, 11) is 0. The summed E-state index contributed by atoms with van der Waals surface area (Å²) >= 11 is 0. The summed E-state index contributed by atoms with van der Waals surface area (Å²) in [6.07, 6.45) is 15.0. The highest BCUT2D eigenvalue weighted by molar-refractivity contribution is 4.96. The van der Waals surface area contributed by atoms with Crippen LogP contribution in [0.1, 0.15) is 51.9 Å². The van der Waals surface area contributed by atoms with Gasteiger partial charge in [0.2, 0.25) is 0 Å². The summed E-state index contributed by atoms with van der Waals surface area (Å²) in [5.41, 5.74) is 0. The minimum atomic E-state index is 1.05. The molecule has 0 N–H and O–H groups in total. The normalized spacial score (nSPS) is 38.7. The first-order valence-electron chi connectivity index (χ1n) is 6.05. The van der Waals surface area contributed by atoms with E-state index in [9.17, 15) is 0 Å². The average Bonchev–Trinajstić information content (AvgIpc) is 2.18. The van der Waals surface area contributed by atoms with Crippen LogP contribution in [-0.4, -0.2) is 0 Å². The molecule has 2 aliphatic carbocycles. The van der Waals surface area contributed by atoms with E-state index >= 15 is 0 Å². The van der Waals surface area contributed by atoms with Crippen molar-refractivity contribution in [1.29, 1.82) is 0 Å². The van der Waals surface area contributed by atoms with Crippen LogP contribution in [0.2, 0.25) is 0 Å². The fourth-order valence-electron chi connectivity index (χ4n) is 3.24. The lowest BCUT2D eigenvalue weighted by molar-refractivity contribution is 0.168. The van der Waals surface area contributed by atoms with Gasteiger partial charge in [0.25, 0.3) is 0 Å². The molecule has 0 aromatic carbocycles. The Hall–Kier alpha value is -0.260. The van der Waals surface area contributed by atoms with E-state index in [0.717, 1.165) is 17.8 Å². The molecular weight excluding hydrogens is 156 g/mol. The molecule has 3 unspecified atom stereocenters. The quantitative estimate of drug-likeness (QED) is 0.557. The highest BCUT2D eigenvalue weighted by atomic mass is 14.3. The molecule has 0 heteroatoms. The van der Waals surface area contributed by atoms with Gasteiger partial charge in [-0.25, -0.2) is 0 Å². The summed E-state index contributed by atoms with van der Waals surface area (Å²) in [5.74, 6) is 3.17. The van der Waals surface area contributed by atoms with Gasteiger partial charge in [0.05, 0.1) is 0 Å². The second-order valence-corrected chi connectivity index (χ2v) is 4.93. The molecular formula is C13H22. The van der Waals surface area contributed by atoms with Crippen molar-refractivity contribution in [2.75, 3.05) is 0 Å². The van der Waals surface area contributed by atoms with Gasteiger partial charge in [0, 0.05) is 0 Å². The molecule has 0 bridgehead atoms. The monoisotopic (exact) mass is 178 g/mol. The summed E-state index contributed by atoms with van der Waals surface area (Å²) in [5, 5.41) is 0. The zero-order valence-corrected chi connectivity index (χ0v) is 8.84. The highest BCUT2D eigenvalue weighted by Gasteiger charge is 2.29. The van der Waals surface area contributed by atoms with Crippen LogP contribution in [0, 0.1) is 17.8 Å². The van der Waals surface area contributed by atoms with Crippen molar-refractivity contribution >= 4 is 0 Å². The van der Waals surface area contributed by atoms with Crippen LogP contribution in [0.15, 0.2) is 12.2 Å². The fraction of sp³-hybridized carbons (Fsp3) is 0.846. The van der Waals surface area contributed by atoms with Crippen LogP contribution in [0.4, 0.5) is 0 Å². The van der Waals surface area contributed by atoms with E-state index in [1.165, 1.54) is 44.9 Å². The molecule has 0 aliphatic heterocycles. The molecule has 0 nitrogen and oxygen atoms in total. The molecule has 0 radical (unpaired) electrons. The van der Waals surface area contributed by atoms with E-state index in [-0.39, 0.29) is 0 Å². The maximum absolute atomic E-state index is 2.41. The minimum Gasteiger partial charge on any atom is -0.0882 e. The van der Waals surface area contributed by atoms with Crippen LogP contribution in [-0.2, 0) is 0 Å². The largest absolute Gasteiger partial charge is 0.0882 e. The third-order valence-corrected chi connectivity index (χ3v) is 3.99. The van der Waals surface area contributed by atoms with Crippen molar-refractivity contribution in [3.8, 4) is 0 Å². The summed E-state index contributed by atoms with van der Waals surface area (Å²) < 4.78 is 0. The molecule has 1 saturated carbocycles. The topological polar surface area (TPSA) is 0 Å². The Morgan fingerprint density at radius 2 is 1.85 bits per heavy atom. The van der Waals surface area contributed by atoms with Crippen LogP contribution < -0.4 is 0 Å². The number of fused-ring (bicyclic) bond motifs is 1. The Morgan fingerprint density at radius 3 is 2.62 bits per heavy atom. The first-order valence-corrected chi connectivity index (χ1v) is 6.05. The van der Waals surface area contributed by atoms with Gasteiger partial charge in [0.1, 0.15) is 0 Å². The Labute approximate surface area is 82.4 Å². The van der Waals surface area contributed by atoms with Gasteiger partial charge >= 0.3 is 0 Å². The van der Waals surface area contributed by atoms with Gasteiger partial charge in [-0.3, -0.25) is 0 Å². The minimum absolute atomic E-state index is 1.05. The molecule has 0 saturated heterocycles. The molecule has 0 spiro atoms. The van der Waals surface area contributed by atoms with Gasteiger partial charge in [0.15, 0.2) is 0 Å². The van der Waals surface area contributed by atoms with Gasteiger partial charge in [-0.1, -0.05) is 38.3 Å². The van der Waals surface area contributed by atoms with Crippen molar-refractivity contribution in [2.45, 2.75) is 51.9 Å². The van der Waals surface area contributed by atoms with Crippen molar-refractivity contribution in [2.24, 2.45) is 17.8 Å². The summed E-state index contributed by atoms with van der Waals surface area (Å²) in [6.45, 7) is 2.33. The van der Waals surface area contributed by atoms with E-state index in [1.807, 2.05) is 0 Å². The van der Waals surface area contributed by atoms with Crippen molar-refractivity contribution in [1.82, 2.24) is 0 Å². The smallest absolute Gasteiger partial charge is 0.0319 e. The predicted molar refractivity (Wildman–Crippen MR) is 57.6 cm³/mol. The van der Waals surface area contributed by atoms with E-state index in [0.29, 0.717) is 0 Å². The Kier molecular flexibility index (Phi) is 3.08. The molecule has 0 heterocycles. The molecule has 3 atom stereocenters. The third-order valence-electron chi connectivity index (χ3n) is 3.99. The third kappa shape index (κ3) is 2.15.